The van der Waals surface area contributed by atoms with Gasteiger partial charge in [-0.3, -0.25) is 4.79 Å². The van der Waals surface area contributed by atoms with Crippen molar-refractivity contribution in [3.8, 4) is 5.75 Å². The lowest BCUT2D eigenvalue weighted by molar-refractivity contribution is 0.100. The molecule has 4 nitrogen and oxygen atoms in total. The molecule has 1 heterocycles. The molecule has 0 aliphatic heterocycles. The Morgan fingerprint density at radius 1 is 1.33 bits per heavy atom. The highest BCUT2D eigenvalue weighted by Crippen LogP contribution is 2.07. The molecular weight excluding hydrogens is 194 g/mol. The highest BCUT2D eigenvalue weighted by atomic mass is 16.5. The Bertz CT molecular complexity index is 284. The number of pyridine rings is 1. The molecule has 0 fully saturated rings. The fourth-order valence-corrected chi connectivity index (χ4v) is 1.01. The molecule has 0 aromatic carbocycles. The van der Waals surface area contributed by atoms with Crippen molar-refractivity contribution in [1.29, 1.82) is 0 Å². The van der Waals surface area contributed by atoms with E-state index in [0.717, 1.165) is 13.0 Å². The Morgan fingerprint density at radius 3 is 2.80 bits per heavy atom. The fourth-order valence-electron chi connectivity index (χ4n) is 1.01. The van der Waals surface area contributed by atoms with Gasteiger partial charge in [0.1, 0.15) is 18.1 Å². The number of hydrogen-bond acceptors (Lipinski definition) is 4. The van der Waals surface area contributed by atoms with Gasteiger partial charge in [0.05, 0.1) is 12.8 Å². The number of hydrogen-bond donors (Lipinski definition) is 0. The van der Waals surface area contributed by atoms with Gasteiger partial charge in [0.2, 0.25) is 0 Å². The summed E-state index contributed by atoms with van der Waals surface area (Å²) in [6.45, 7) is 3.89. The Labute approximate surface area is 89.2 Å². The number of carbonyl (C=O) groups excluding carboxylic acids is 1. The van der Waals surface area contributed by atoms with Gasteiger partial charge in [-0.1, -0.05) is 6.92 Å². The lowest BCUT2D eigenvalue weighted by atomic mass is 10.4. The molecule has 0 aliphatic rings. The van der Waals surface area contributed by atoms with Crippen molar-refractivity contribution in [3.05, 3.63) is 24.0 Å². The quantitative estimate of drug-likeness (QED) is 0.506. The molecule has 0 bridgehead atoms. The summed E-state index contributed by atoms with van der Waals surface area (Å²) >= 11 is 0. The minimum Gasteiger partial charge on any atom is -0.490 e. The van der Waals surface area contributed by atoms with E-state index in [1.54, 1.807) is 12.1 Å². The summed E-state index contributed by atoms with van der Waals surface area (Å²) in [5.41, 5.74) is 0.407. The first kappa shape index (κ1) is 11.7. The molecule has 4 heteroatoms. The number of aldehydes is 1. The van der Waals surface area contributed by atoms with Crippen LogP contribution in [0.4, 0.5) is 0 Å². The fraction of sp³-hybridized carbons (Fsp3) is 0.455. The maximum Gasteiger partial charge on any atom is 0.168 e. The van der Waals surface area contributed by atoms with Crippen LogP contribution >= 0.6 is 0 Å². The van der Waals surface area contributed by atoms with Gasteiger partial charge < -0.3 is 9.47 Å². The zero-order valence-corrected chi connectivity index (χ0v) is 8.81. The maximum atomic E-state index is 10.3. The average Bonchev–Trinajstić information content (AvgIpc) is 2.30. The summed E-state index contributed by atoms with van der Waals surface area (Å²) in [5, 5.41) is 0. The minimum atomic E-state index is 0.407. The van der Waals surface area contributed by atoms with E-state index in [0.29, 0.717) is 30.9 Å². The first-order chi connectivity index (χ1) is 7.36. The summed E-state index contributed by atoms with van der Waals surface area (Å²) in [4.78, 5) is 14.2. The van der Waals surface area contributed by atoms with Gasteiger partial charge in [-0.2, -0.15) is 0 Å². The normalized spacial score (nSPS) is 9.93. The van der Waals surface area contributed by atoms with Gasteiger partial charge >= 0.3 is 0 Å². The third-order valence-corrected chi connectivity index (χ3v) is 1.72. The van der Waals surface area contributed by atoms with Crippen LogP contribution in [-0.4, -0.2) is 31.1 Å². The molecule has 0 amide bonds. The number of aromatic nitrogens is 1. The van der Waals surface area contributed by atoms with E-state index in [4.69, 9.17) is 9.47 Å². The van der Waals surface area contributed by atoms with Crippen LogP contribution in [0.25, 0.3) is 0 Å². The van der Waals surface area contributed by atoms with E-state index in [-0.39, 0.29) is 0 Å². The monoisotopic (exact) mass is 209 g/mol. The van der Waals surface area contributed by atoms with Crippen LogP contribution in [0.1, 0.15) is 23.8 Å². The van der Waals surface area contributed by atoms with Crippen LogP contribution in [0, 0.1) is 0 Å². The van der Waals surface area contributed by atoms with Crippen molar-refractivity contribution in [3.63, 3.8) is 0 Å². The molecular formula is C11H15NO3. The summed E-state index contributed by atoms with van der Waals surface area (Å²) in [5.74, 6) is 0.653. The van der Waals surface area contributed by atoms with Crippen LogP contribution in [-0.2, 0) is 4.74 Å². The first-order valence-electron chi connectivity index (χ1n) is 4.98. The molecule has 0 aliphatic carbocycles. The van der Waals surface area contributed by atoms with E-state index in [2.05, 4.69) is 11.9 Å². The van der Waals surface area contributed by atoms with Crippen LogP contribution in [0.2, 0.25) is 0 Å². The molecule has 1 aromatic heterocycles. The second kappa shape index (κ2) is 6.95. The molecule has 0 spiro atoms. The first-order valence-corrected chi connectivity index (χ1v) is 4.98. The SMILES string of the molecule is CCCOCCOc1ccc(C=O)nc1. The van der Waals surface area contributed by atoms with Crippen molar-refractivity contribution in [2.24, 2.45) is 0 Å². The Morgan fingerprint density at radius 2 is 2.20 bits per heavy atom. The number of rotatable bonds is 7. The predicted molar refractivity (Wildman–Crippen MR) is 56.2 cm³/mol. The van der Waals surface area contributed by atoms with E-state index < -0.39 is 0 Å². The van der Waals surface area contributed by atoms with Crippen molar-refractivity contribution in [2.75, 3.05) is 19.8 Å². The van der Waals surface area contributed by atoms with Crippen molar-refractivity contribution >= 4 is 6.29 Å². The maximum absolute atomic E-state index is 10.3. The van der Waals surface area contributed by atoms with Crippen LogP contribution < -0.4 is 4.74 Å². The van der Waals surface area contributed by atoms with Crippen molar-refractivity contribution < 1.29 is 14.3 Å². The number of ether oxygens (including phenoxy) is 2. The lowest BCUT2D eigenvalue weighted by Gasteiger charge is -2.05. The second-order valence-electron chi connectivity index (χ2n) is 3.00. The minimum absolute atomic E-state index is 0.407. The molecule has 0 N–H and O–H groups in total. The second-order valence-corrected chi connectivity index (χ2v) is 3.00. The molecule has 1 rings (SSSR count). The van der Waals surface area contributed by atoms with Gasteiger partial charge in [0.25, 0.3) is 0 Å². The molecule has 1 aromatic rings. The summed E-state index contributed by atoms with van der Waals surface area (Å²) in [6, 6.07) is 3.34. The Kier molecular flexibility index (Phi) is 5.40. The number of carbonyl (C=O) groups is 1. The lowest BCUT2D eigenvalue weighted by Crippen LogP contribution is -2.07. The molecule has 82 valence electrons. The van der Waals surface area contributed by atoms with E-state index in [1.807, 2.05) is 0 Å². The summed E-state index contributed by atoms with van der Waals surface area (Å²) < 4.78 is 10.6. The highest BCUT2D eigenvalue weighted by Gasteiger charge is 1.95. The van der Waals surface area contributed by atoms with Crippen LogP contribution in [0.3, 0.4) is 0 Å². The number of nitrogens with zero attached hydrogens (tertiary/aromatic N) is 1. The Balaban J connectivity index is 2.22. The summed E-state index contributed by atoms with van der Waals surface area (Å²) in [6.07, 6.45) is 3.24. The third-order valence-electron chi connectivity index (χ3n) is 1.72. The van der Waals surface area contributed by atoms with E-state index >= 15 is 0 Å². The largest absolute Gasteiger partial charge is 0.490 e. The zero-order chi connectivity index (χ0) is 10.9. The highest BCUT2D eigenvalue weighted by molar-refractivity contribution is 5.71. The molecule has 0 saturated heterocycles. The van der Waals surface area contributed by atoms with Gasteiger partial charge in [-0.15, -0.1) is 0 Å². The van der Waals surface area contributed by atoms with Gasteiger partial charge in [-0.05, 0) is 18.6 Å². The van der Waals surface area contributed by atoms with Gasteiger partial charge in [-0.25, -0.2) is 4.98 Å². The Hall–Kier alpha value is -1.42. The van der Waals surface area contributed by atoms with Gasteiger partial charge in [0, 0.05) is 6.61 Å². The molecule has 15 heavy (non-hydrogen) atoms. The molecule has 0 unspecified atom stereocenters. The standard InChI is InChI=1S/C11H15NO3/c1-2-5-14-6-7-15-11-4-3-10(9-13)12-8-11/h3-4,8-9H,2,5-7H2,1H3. The molecule has 0 saturated carbocycles. The summed E-state index contributed by atoms with van der Waals surface area (Å²) in [7, 11) is 0. The van der Waals surface area contributed by atoms with Crippen molar-refractivity contribution in [2.45, 2.75) is 13.3 Å². The van der Waals surface area contributed by atoms with Gasteiger partial charge in [0.15, 0.2) is 6.29 Å². The predicted octanol–water partition coefficient (Wildman–Crippen LogP) is 1.70. The van der Waals surface area contributed by atoms with Crippen molar-refractivity contribution in [1.82, 2.24) is 4.98 Å². The van der Waals surface area contributed by atoms with Crippen LogP contribution in [0.5, 0.6) is 5.75 Å². The van der Waals surface area contributed by atoms with E-state index in [9.17, 15) is 4.79 Å². The molecule has 0 radical (unpaired) electrons. The average molecular weight is 209 g/mol. The molecule has 0 atom stereocenters. The van der Waals surface area contributed by atoms with Crippen LogP contribution in [0.15, 0.2) is 18.3 Å². The topological polar surface area (TPSA) is 48.4 Å². The van der Waals surface area contributed by atoms with E-state index in [1.165, 1.54) is 6.20 Å². The third kappa shape index (κ3) is 4.56. The zero-order valence-electron chi connectivity index (χ0n) is 8.81. The smallest absolute Gasteiger partial charge is 0.168 e.